The smallest absolute Gasteiger partial charge is 0 e. The van der Waals surface area contributed by atoms with E-state index in [9.17, 15) is 0 Å². The van der Waals surface area contributed by atoms with Crippen molar-refractivity contribution in [2.75, 3.05) is 0 Å². The number of hydrogen-bond acceptors (Lipinski definition) is 4. The molecule has 0 aromatic rings. The second-order valence-electron chi connectivity index (χ2n) is 0.600. The maximum Gasteiger partial charge on any atom is 0 e. The van der Waals surface area contributed by atoms with Gasteiger partial charge in [-0.3, -0.25) is 0 Å². The predicted octanol–water partition coefficient (Wildman–Crippen LogP) is -5.23. The van der Waals surface area contributed by atoms with Crippen molar-refractivity contribution >= 4 is 158 Å². The first-order chi connectivity index (χ1) is 2.00. The Bertz CT molecular complexity index is 52.0. The van der Waals surface area contributed by atoms with E-state index in [1.807, 2.05) is 0 Å². The molecule has 1 radical (unpaired) electrons. The van der Waals surface area contributed by atoms with Gasteiger partial charge in [-0.15, -0.1) is 12.4 Å². The fraction of sp³-hybridized carbons (Fsp3) is 0. The summed E-state index contributed by atoms with van der Waals surface area (Å²) >= 11 is 0. The van der Waals surface area contributed by atoms with E-state index in [2.05, 4.69) is 0 Å². The van der Waals surface area contributed by atoms with E-state index in [-0.39, 0.29) is 214 Å². The Morgan fingerprint density at radius 3 is 0.923 bits per heavy atom. The first kappa shape index (κ1) is 60.5. The van der Waals surface area contributed by atoms with Crippen LogP contribution in [0.4, 0.5) is 0 Å². The van der Waals surface area contributed by atoms with Crippen LogP contribution in [0.25, 0.3) is 0 Å². The van der Waals surface area contributed by atoms with Gasteiger partial charge in [-0.1, -0.05) is 0 Å². The molecule has 0 unspecified atom stereocenters. The van der Waals surface area contributed by atoms with Crippen molar-refractivity contribution in [3.63, 3.8) is 0 Å². The standard InChI is InChI=1S/Ca.ClH.Cs.Fe.Mn.Na.H4O4Si.H2O.Zr.4H/c;;;;;;1-5(2,3)4;;;;;;/h;1H;;;;;1-4H;1H2;;;;;. The van der Waals surface area contributed by atoms with Gasteiger partial charge in [0.05, 0.1) is 0 Å². The average molecular weight is 553 g/mol. The average Bonchev–Trinajstić information content (AvgIpc) is 0.722. The first-order valence-electron chi connectivity index (χ1n) is 0.894. The summed E-state index contributed by atoms with van der Waals surface area (Å²) in [6.45, 7) is 0. The predicted molar refractivity (Wildman–Crippen MR) is 48.3 cm³/mol. The molecule has 0 rings (SSSR count). The van der Waals surface area contributed by atoms with Crippen molar-refractivity contribution in [2.24, 2.45) is 0 Å². The molecule has 6 N–H and O–H groups in total. The molecule has 0 amide bonds. The topological polar surface area (TPSA) is 112 Å². The van der Waals surface area contributed by atoms with Gasteiger partial charge in [0, 0.05) is 60.3 Å². The van der Waals surface area contributed by atoms with Crippen molar-refractivity contribution in [1.29, 1.82) is 0 Å². The van der Waals surface area contributed by atoms with E-state index < -0.39 is 9.05 Å². The van der Waals surface area contributed by atoms with E-state index in [1.54, 1.807) is 0 Å². The Kier molecular flexibility index (Phi) is 169. The molecule has 13 heavy (non-hydrogen) atoms. The third kappa shape index (κ3) is 119. The summed E-state index contributed by atoms with van der Waals surface area (Å²) in [6, 6.07) is 0. The largest absolute Gasteiger partial charge is 0 e. The van der Waals surface area contributed by atoms with Crippen molar-refractivity contribution in [3.8, 4) is 0 Å². The van der Waals surface area contributed by atoms with Crippen LogP contribution in [-0.2, 0) is 60.3 Å². The molecule has 0 bridgehead atoms. The van der Waals surface area contributed by atoms with Crippen LogP contribution in [0.1, 0.15) is 0 Å². The first-order valence-corrected chi connectivity index (χ1v) is 2.68. The monoisotopic (exact) mass is 551 g/mol. The Hall–Kier alpha value is 6.54. The van der Waals surface area contributed by atoms with Crippen LogP contribution in [0.3, 0.4) is 0 Å². The van der Waals surface area contributed by atoms with Crippen molar-refractivity contribution in [3.05, 3.63) is 0 Å². The maximum atomic E-state index is 7.33. The van der Waals surface area contributed by atoms with Gasteiger partial charge in [0.25, 0.3) is 0 Å². The van der Waals surface area contributed by atoms with Gasteiger partial charge in [-0.05, 0) is 0 Å². The third-order valence-electron chi connectivity index (χ3n) is 0. The SMILES string of the molecule is Cl.O.O[Si](O)(O)O.[CaH2].[CsH].[Fe].[Mn].[NaH].[Zr]. The molecular weight excluding hydrogens is 542 g/mol. The van der Waals surface area contributed by atoms with E-state index in [0.29, 0.717) is 0 Å². The molecular formula is H11CaClCsFeMnNaO5SiZr. The zero-order chi connectivity index (χ0) is 4.50. The van der Waals surface area contributed by atoms with Crippen LogP contribution >= 0.6 is 12.4 Å². The maximum absolute atomic E-state index is 7.33. The Balaban J connectivity index is -0.00000000286. The molecule has 13 heteroatoms. The van der Waals surface area contributed by atoms with Crippen molar-refractivity contribution in [2.45, 2.75) is 0 Å². The molecule has 75 valence electrons. The molecule has 0 aliphatic carbocycles. The molecule has 0 aliphatic heterocycles. The zero-order valence-electron chi connectivity index (χ0n) is 4.43. The third-order valence-corrected chi connectivity index (χ3v) is 0. The minimum atomic E-state index is -4.61. The number of hydrogen-bond donors (Lipinski definition) is 4. The number of rotatable bonds is 0. The molecule has 0 aromatic heterocycles. The molecule has 0 heterocycles. The molecule has 0 fully saturated rings. The molecule has 0 saturated heterocycles. The Morgan fingerprint density at radius 2 is 0.923 bits per heavy atom. The molecule has 0 spiro atoms. The molecule has 0 aliphatic rings. The van der Waals surface area contributed by atoms with Gasteiger partial charge in [0.15, 0.2) is 0 Å². The fourth-order valence-corrected chi connectivity index (χ4v) is 0. The summed E-state index contributed by atoms with van der Waals surface area (Å²) in [6.07, 6.45) is 0. The minimum Gasteiger partial charge on any atom is 0 e. The van der Waals surface area contributed by atoms with Gasteiger partial charge in [-0.25, -0.2) is 0 Å². The quantitative estimate of drug-likeness (QED) is 0.225. The van der Waals surface area contributed by atoms with Gasteiger partial charge < -0.3 is 24.7 Å². The second kappa shape index (κ2) is 36.3. The molecule has 0 saturated carbocycles. The normalized spacial score (nSPS) is 4.62. The van der Waals surface area contributed by atoms with Crippen molar-refractivity contribution < 1.29 is 85.0 Å². The zero-order valence-corrected chi connectivity index (χ0v) is 11.0. The summed E-state index contributed by atoms with van der Waals surface area (Å²) < 4.78 is 0. The van der Waals surface area contributed by atoms with E-state index in [4.69, 9.17) is 19.2 Å². The van der Waals surface area contributed by atoms with Gasteiger partial charge in [0.2, 0.25) is 0 Å². The van der Waals surface area contributed by atoms with E-state index in [0.717, 1.165) is 0 Å². The Labute approximate surface area is 235 Å². The van der Waals surface area contributed by atoms with Gasteiger partial charge >= 0.3 is 145 Å². The molecule has 0 atom stereocenters. The van der Waals surface area contributed by atoms with Gasteiger partial charge in [0.1, 0.15) is 0 Å². The summed E-state index contributed by atoms with van der Waals surface area (Å²) in [5.41, 5.74) is 0. The van der Waals surface area contributed by atoms with E-state index in [1.165, 1.54) is 0 Å². The number of halogens is 1. The summed E-state index contributed by atoms with van der Waals surface area (Å²) in [5.74, 6) is 0. The van der Waals surface area contributed by atoms with Crippen LogP contribution < -0.4 is 0 Å². The Morgan fingerprint density at radius 1 is 0.923 bits per heavy atom. The summed E-state index contributed by atoms with van der Waals surface area (Å²) in [4.78, 5) is 29.3. The molecule has 5 nitrogen and oxygen atoms in total. The van der Waals surface area contributed by atoms with Crippen LogP contribution in [0, 0.1) is 0 Å². The second-order valence-corrected chi connectivity index (χ2v) is 1.80. The minimum absolute atomic E-state index is 0. The summed E-state index contributed by atoms with van der Waals surface area (Å²) in [5, 5.41) is 0. The molecule has 0 aromatic carbocycles. The van der Waals surface area contributed by atoms with Crippen LogP contribution in [0.15, 0.2) is 0 Å². The van der Waals surface area contributed by atoms with Crippen molar-refractivity contribution in [1.82, 2.24) is 0 Å². The van der Waals surface area contributed by atoms with Gasteiger partial charge in [-0.2, -0.15) is 0 Å². The van der Waals surface area contributed by atoms with E-state index >= 15 is 0 Å². The van der Waals surface area contributed by atoms with Crippen LogP contribution in [0.5, 0.6) is 0 Å². The fourth-order valence-electron chi connectivity index (χ4n) is 0. The summed E-state index contributed by atoms with van der Waals surface area (Å²) in [7, 11) is -4.61. The van der Waals surface area contributed by atoms with Crippen LogP contribution in [0.2, 0.25) is 0 Å². The van der Waals surface area contributed by atoms with Crippen LogP contribution in [-0.4, -0.2) is 170 Å².